The lowest BCUT2D eigenvalue weighted by Gasteiger charge is -2.37. The van der Waals surface area contributed by atoms with Crippen molar-refractivity contribution in [1.82, 2.24) is 10.2 Å². The Balaban J connectivity index is 2.00. The summed E-state index contributed by atoms with van der Waals surface area (Å²) in [4.78, 5) is 14.6. The van der Waals surface area contributed by atoms with Crippen molar-refractivity contribution >= 4 is 5.97 Å². The zero-order valence-electron chi connectivity index (χ0n) is 13.0. The molecule has 5 heteroatoms. The van der Waals surface area contributed by atoms with Crippen molar-refractivity contribution in [3.63, 3.8) is 0 Å². The Labute approximate surface area is 122 Å². The van der Waals surface area contributed by atoms with E-state index in [9.17, 15) is 4.79 Å². The highest BCUT2D eigenvalue weighted by molar-refractivity contribution is 5.81. The van der Waals surface area contributed by atoms with Gasteiger partial charge in [-0.05, 0) is 45.2 Å². The quantitative estimate of drug-likeness (QED) is 0.768. The third-order valence-electron chi connectivity index (χ3n) is 4.84. The number of likely N-dealkylation sites (N-methyl/N-ethyl adjacent to an activating group) is 1. The van der Waals surface area contributed by atoms with Crippen molar-refractivity contribution in [2.24, 2.45) is 0 Å². The van der Waals surface area contributed by atoms with E-state index < -0.39 is 5.54 Å². The average molecular weight is 284 g/mol. The molecule has 0 amide bonds. The number of nitrogens with one attached hydrogen (secondary N) is 1. The van der Waals surface area contributed by atoms with Gasteiger partial charge in [0.2, 0.25) is 0 Å². The van der Waals surface area contributed by atoms with Crippen LogP contribution in [0, 0.1) is 0 Å². The second-order valence-electron chi connectivity index (χ2n) is 6.00. The molecule has 0 spiro atoms. The largest absolute Gasteiger partial charge is 0.468 e. The maximum Gasteiger partial charge on any atom is 0.326 e. The predicted molar refractivity (Wildman–Crippen MR) is 77.7 cm³/mol. The van der Waals surface area contributed by atoms with Crippen LogP contribution in [0.5, 0.6) is 0 Å². The molecule has 2 aliphatic rings. The lowest BCUT2D eigenvalue weighted by molar-refractivity contribution is -0.148. The summed E-state index contributed by atoms with van der Waals surface area (Å²) in [6, 6.07) is 0.464. The van der Waals surface area contributed by atoms with Gasteiger partial charge in [-0.15, -0.1) is 0 Å². The third-order valence-corrected chi connectivity index (χ3v) is 4.84. The first-order valence-electron chi connectivity index (χ1n) is 7.75. The molecule has 0 aromatic rings. The molecule has 1 saturated carbocycles. The summed E-state index contributed by atoms with van der Waals surface area (Å²) < 4.78 is 10.5. The fraction of sp³-hybridized carbons (Fsp3) is 0.933. The molecular formula is C15H28N2O3. The molecule has 5 nitrogen and oxygen atoms in total. The van der Waals surface area contributed by atoms with Crippen LogP contribution in [-0.4, -0.2) is 62.4 Å². The lowest BCUT2D eigenvalue weighted by atomic mass is 9.96. The van der Waals surface area contributed by atoms with Crippen molar-refractivity contribution in [1.29, 1.82) is 0 Å². The topological polar surface area (TPSA) is 50.8 Å². The summed E-state index contributed by atoms with van der Waals surface area (Å²) in [6.45, 7) is 4.95. The fourth-order valence-electron chi connectivity index (χ4n) is 3.77. The van der Waals surface area contributed by atoms with Gasteiger partial charge in [0.1, 0.15) is 5.54 Å². The number of esters is 1. The fourth-order valence-corrected chi connectivity index (χ4v) is 3.77. The number of ether oxygens (including phenoxy) is 2. The molecule has 116 valence electrons. The Bertz CT molecular complexity index is 337. The molecule has 2 rings (SSSR count). The van der Waals surface area contributed by atoms with Gasteiger partial charge in [-0.3, -0.25) is 9.69 Å². The zero-order valence-corrected chi connectivity index (χ0v) is 13.0. The first-order valence-corrected chi connectivity index (χ1v) is 7.75. The van der Waals surface area contributed by atoms with Crippen molar-refractivity contribution in [2.45, 2.75) is 56.7 Å². The van der Waals surface area contributed by atoms with Gasteiger partial charge in [0, 0.05) is 19.7 Å². The van der Waals surface area contributed by atoms with Crippen LogP contribution in [0.25, 0.3) is 0 Å². The normalized spacial score (nSPS) is 35.1. The van der Waals surface area contributed by atoms with Crippen LogP contribution in [0.4, 0.5) is 0 Å². The number of likely N-dealkylation sites (tertiary alicyclic amines) is 1. The molecule has 1 saturated heterocycles. The van der Waals surface area contributed by atoms with Crippen LogP contribution < -0.4 is 5.32 Å². The number of piperidine rings is 1. The summed E-state index contributed by atoms with van der Waals surface area (Å²) in [5, 5.41) is 3.37. The Hall–Kier alpha value is -0.650. The molecule has 1 N–H and O–H groups in total. The second kappa shape index (κ2) is 6.87. The predicted octanol–water partition coefficient (Wildman–Crippen LogP) is 1.17. The third kappa shape index (κ3) is 3.15. The second-order valence-corrected chi connectivity index (χ2v) is 6.00. The summed E-state index contributed by atoms with van der Waals surface area (Å²) >= 11 is 0. The van der Waals surface area contributed by atoms with E-state index in [2.05, 4.69) is 10.2 Å². The van der Waals surface area contributed by atoms with Crippen LogP contribution in [0.15, 0.2) is 0 Å². The van der Waals surface area contributed by atoms with E-state index in [4.69, 9.17) is 9.47 Å². The number of carbonyl (C=O) groups is 1. The maximum atomic E-state index is 12.1. The molecule has 2 fully saturated rings. The van der Waals surface area contributed by atoms with Crippen molar-refractivity contribution in [3.05, 3.63) is 0 Å². The van der Waals surface area contributed by atoms with Gasteiger partial charge in [0.25, 0.3) is 0 Å². The minimum atomic E-state index is -0.478. The standard InChI is InChI=1S/C15H28N2O3/c1-4-16-15(14(18)20-3)8-7-12(10-15)17-9-5-6-13(11-17)19-2/h12-13,16H,4-11H2,1-3H3. The van der Waals surface area contributed by atoms with Crippen molar-refractivity contribution < 1.29 is 14.3 Å². The molecule has 3 unspecified atom stereocenters. The molecule has 0 bridgehead atoms. The molecule has 1 aliphatic carbocycles. The molecule has 1 aliphatic heterocycles. The maximum absolute atomic E-state index is 12.1. The van der Waals surface area contributed by atoms with Gasteiger partial charge in [-0.25, -0.2) is 0 Å². The highest BCUT2D eigenvalue weighted by atomic mass is 16.5. The van der Waals surface area contributed by atoms with Crippen LogP contribution >= 0.6 is 0 Å². The number of methoxy groups -OCH3 is 2. The molecule has 3 atom stereocenters. The van der Waals surface area contributed by atoms with E-state index in [0.29, 0.717) is 12.1 Å². The highest BCUT2D eigenvalue weighted by Gasteiger charge is 2.47. The van der Waals surface area contributed by atoms with Gasteiger partial charge in [-0.2, -0.15) is 0 Å². The Morgan fingerprint density at radius 3 is 2.85 bits per heavy atom. The van der Waals surface area contributed by atoms with Gasteiger partial charge in [0.15, 0.2) is 0 Å². The minimum Gasteiger partial charge on any atom is -0.468 e. The van der Waals surface area contributed by atoms with Gasteiger partial charge < -0.3 is 14.8 Å². The van der Waals surface area contributed by atoms with E-state index in [1.54, 1.807) is 7.11 Å². The smallest absolute Gasteiger partial charge is 0.326 e. The van der Waals surface area contributed by atoms with E-state index in [-0.39, 0.29) is 5.97 Å². The summed E-state index contributed by atoms with van der Waals surface area (Å²) in [5.74, 6) is -0.109. The molecular weight excluding hydrogens is 256 g/mol. The Morgan fingerprint density at radius 2 is 2.20 bits per heavy atom. The van der Waals surface area contributed by atoms with E-state index in [1.165, 1.54) is 13.5 Å². The van der Waals surface area contributed by atoms with Gasteiger partial charge in [-0.1, -0.05) is 6.92 Å². The number of carbonyl (C=O) groups excluding carboxylic acids is 1. The number of hydrogen-bond donors (Lipinski definition) is 1. The number of nitrogens with zero attached hydrogens (tertiary/aromatic N) is 1. The molecule has 0 aromatic heterocycles. The highest BCUT2D eigenvalue weighted by Crippen LogP contribution is 2.35. The van der Waals surface area contributed by atoms with Crippen molar-refractivity contribution in [2.75, 3.05) is 33.9 Å². The van der Waals surface area contributed by atoms with Crippen LogP contribution in [0.2, 0.25) is 0 Å². The first-order chi connectivity index (χ1) is 9.65. The molecule has 0 radical (unpaired) electrons. The molecule has 0 aromatic carbocycles. The monoisotopic (exact) mass is 284 g/mol. The van der Waals surface area contributed by atoms with Gasteiger partial charge >= 0.3 is 5.97 Å². The first kappa shape index (κ1) is 15.7. The summed E-state index contributed by atoms with van der Waals surface area (Å²) in [6.07, 6.45) is 5.45. The van der Waals surface area contributed by atoms with E-state index in [1.807, 2.05) is 6.92 Å². The van der Waals surface area contributed by atoms with Crippen LogP contribution in [0.3, 0.4) is 0 Å². The number of hydrogen-bond acceptors (Lipinski definition) is 5. The van der Waals surface area contributed by atoms with Gasteiger partial charge in [0.05, 0.1) is 13.2 Å². The average Bonchev–Trinajstić information content (AvgIpc) is 2.92. The number of rotatable bonds is 5. The summed E-state index contributed by atoms with van der Waals surface area (Å²) in [7, 11) is 3.27. The Kier molecular flexibility index (Phi) is 5.41. The minimum absolute atomic E-state index is 0.109. The van der Waals surface area contributed by atoms with E-state index >= 15 is 0 Å². The molecule has 1 heterocycles. The zero-order chi connectivity index (χ0) is 14.6. The Morgan fingerprint density at radius 1 is 1.40 bits per heavy atom. The lowest BCUT2D eigenvalue weighted by Crippen LogP contribution is -2.52. The summed E-state index contributed by atoms with van der Waals surface area (Å²) in [5.41, 5.74) is -0.478. The molecule has 20 heavy (non-hydrogen) atoms. The van der Waals surface area contributed by atoms with Crippen molar-refractivity contribution in [3.8, 4) is 0 Å². The SMILES string of the molecule is CCNC1(C(=O)OC)CCC(N2CCCC(OC)C2)C1. The van der Waals surface area contributed by atoms with Crippen LogP contribution in [0.1, 0.15) is 39.0 Å². The van der Waals surface area contributed by atoms with Crippen LogP contribution in [-0.2, 0) is 14.3 Å². The van der Waals surface area contributed by atoms with E-state index in [0.717, 1.165) is 45.3 Å².